The smallest absolute Gasteiger partial charge is 0.124 e. The summed E-state index contributed by atoms with van der Waals surface area (Å²) in [5.41, 5.74) is 6.97. The van der Waals surface area contributed by atoms with Gasteiger partial charge in [0.2, 0.25) is 0 Å². The second kappa shape index (κ2) is 6.88. The number of amidine groups is 1. The van der Waals surface area contributed by atoms with Gasteiger partial charge < -0.3 is 19.9 Å². The third kappa shape index (κ3) is 4.05. The van der Waals surface area contributed by atoms with Crippen molar-refractivity contribution in [3.63, 3.8) is 0 Å². The summed E-state index contributed by atoms with van der Waals surface area (Å²) in [6, 6.07) is 5.33. The molecule has 0 heterocycles. The molecule has 0 unspecified atom stereocenters. The van der Waals surface area contributed by atoms with E-state index in [0.717, 1.165) is 11.3 Å². The molecule has 94 valence electrons. The molecule has 1 rings (SSSR count). The van der Waals surface area contributed by atoms with E-state index >= 15 is 0 Å². The lowest BCUT2D eigenvalue weighted by molar-refractivity contribution is 0.0608. The molecule has 0 amide bonds. The van der Waals surface area contributed by atoms with Crippen LogP contribution in [0.3, 0.4) is 0 Å². The van der Waals surface area contributed by atoms with Crippen LogP contribution < -0.4 is 10.5 Å². The maximum Gasteiger partial charge on any atom is 0.124 e. The Morgan fingerprint density at radius 1 is 1.29 bits per heavy atom. The molecule has 0 radical (unpaired) electrons. The Bertz CT molecular complexity index is 380. The molecule has 0 bridgehead atoms. The minimum absolute atomic E-state index is 0.0331. The van der Waals surface area contributed by atoms with Gasteiger partial charge in [0, 0.05) is 18.2 Å². The molecule has 5 nitrogen and oxygen atoms in total. The Morgan fingerprint density at radius 3 is 2.65 bits per heavy atom. The fraction of sp³-hybridized carbons (Fsp3) is 0.417. The predicted octanol–water partition coefficient (Wildman–Crippen LogP) is 1.14. The number of hydrogen-bond acceptors (Lipinski definition) is 4. The lowest BCUT2D eigenvalue weighted by atomic mass is 10.1. The Labute approximate surface area is 101 Å². The molecule has 17 heavy (non-hydrogen) atoms. The SMILES string of the molecule is COCCOCc1cc(C(=N)N)ccc1OC. The van der Waals surface area contributed by atoms with E-state index in [1.807, 2.05) is 0 Å². The van der Waals surface area contributed by atoms with E-state index in [-0.39, 0.29) is 5.84 Å². The maximum atomic E-state index is 7.38. The number of rotatable bonds is 7. The van der Waals surface area contributed by atoms with E-state index in [4.69, 9.17) is 25.4 Å². The Balaban J connectivity index is 2.72. The third-order valence-electron chi connectivity index (χ3n) is 2.28. The van der Waals surface area contributed by atoms with Gasteiger partial charge in [-0.1, -0.05) is 0 Å². The van der Waals surface area contributed by atoms with E-state index in [0.29, 0.717) is 25.4 Å². The monoisotopic (exact) mass is 238 g/mol. The quantitative estimate of drug-likeness (QED) is 0.424. The van der Waals surface area contributed by atoms with Crippen LogP contribution in [0.1, 0.15) is 11.1 Å². The van der Waals surface area contributed by atoms with Crippen molar-refractivity contribution in [2.45, 2.75) is 6.61 Å². The molecule has 0 aromatic heterocycles. The lowest BCUT2D eigenvalue weighted by Crippen LogP contribution is -2.12. The molecule has 0 fully saturated rings. The molecule has 1 aromatic rings. The average Bonchev–Trinajstić information content (AvgIpc) is 2.34. The van der Waals surface area contributed by atoms with Gasteiger partial charge in [-0.2, -0.15) is 0 Å². The van der Waals surface area contributed by atoms with Crippen molar-refractivity contribution in [2.75, 3.05) is 27.4 Å². The van der Waals surface area contributed by atoms with Gasteiger partial charge >= 0.3 is 0 Å². The minimum atomic E-state index is 0.0331. The Morgan fingerprint density at radius 2 is 2.06 bits per heavy atom. The number of nitrogens with two attached hydrogens (primary N) is 1. The first kappa shape index (κ1) is 13.5. The van der Waals surface area contributed by atoms with E-state index in [9.17, 15) is 0 Å². The zero-order valence-electron chi connectivity index (χ0n) is 10.2. The summed E-state index contributed by atoms with van der Waals surface area (Å²) >= 11 is 0. The van der Waals surface area contributed by atoms with Gasteiger partial charge in [-0.25, -0.2) is 0 Å². The highest BCUT2D eigenvalue weighted by atomic mass is 16.5. The fourth-order valence-corrected chi connectivity index (χ4v) is 1.38. The molecule has 0 aliphatic rings. The molecule has 0 aliphatic carbocycles. The topological polar surface area (TPSA) is 77.6 Å². The standard InChI is InChI=1S/C12H18N2O3/c1-15-5-6-17-8-10-7-9(12(13)14)3-4-11(10)16-2/h3-4,7H,5-6,8H2,1-2H3,(H3,13,14). The van der Waals surface area contributed by atoms with Crippen molar-refractivity contribution in [1.29, 1.82) is 5.41 Å². The van der Waals surface area contributed by atoms with Crippen molar-refractivity contribution in [2.24, 2.45) is 5.73 Å². The van der Waals surface area contributed by atoms with E-state index in [1.54, 1.807) is 32.4 Å². The Kier molecular flexibility index (Phi) is 5.45. The molecule has 1 aromatic carbocycles. The minimum Gasteiger partial charge on any atom is -0.496 e. The molecule has 0 spiro atoms. The number of nitrogens with one attached hydrogen (secondary N) is 1. The van der Waals surface area contributed by atoms with E-state index < -0.39 is 0 Å². The fourth-order valence-electron chi connectivity index (χ4n) is 1.38. The molecule has 0 saturated carbocycles. The van der Waals surface area contributed by atoms with Crippen LogP contribution in [-0.2, 0) is 16.1 Å². The first-order chi connectivity index (χ1) is 8.19. The summed E-state index contributed by atoms with van der Waals surface area (Å²) < 4.78 is 15.5. The molecular weight excluding hydrogens is 220 g/mol. The first-order valence-corrected chi connectivity index (χ1v) is 5.27. The zero-order valence-corrected chi connectivity index (χ0v) is 10.2. The summed E-state index contributed by atoms with van der Waals surface area (Å²) in [6.07, 6.45) is 0. The van der Waals surface area contributed by atoms with E-state index in [1.165, 1.54) is 0 Å². The van der Waals surface area contributed by atoms with Crippen molar-refractivity contribution < 1.29 is 14.2 Å². The maximum absolute atomic E-state index is 7.38. The van der Waals surface area contributed by atoms with Gasteiger partial charge in [0.15, 0.2) is 0 Å². The van der Waals surface area contributed by atoms with Crippen LogP contribution >= 0.6 is 0 Å². The van der Waals surface area contributed by atoms with Crippen molar-refractivity contribution in [1.82, 2.24) is 0 Å². The average molecular weight is 238 g/mol. The van der Waals surface area contributed by atoms with Gasteiger partial charge in [0.05, 0.1) is 26.9 Å². The van der Waals surface area contributed by atoms with Crippen LogP contribution in [0.5, 0.6) is 5.75 Å². The predicted molar refractivity (Wildman–Crippen MR) is 65.5 cm³/mol. The molecule has 0 atom stereocenters. The van der Waals surface area contributed by atoms with Crippen LogP contribution in [0.15, 0.2) is 18.2 Å². The van der Waals surface area contributed by atoms with Gasteiger partial charge in [0.1, 0.15) is 11.6 Å². The number of methoxy groups -OCH3 is 2. The van der Waals surface area contributed by atoms with Crippen LogP contribution in [0, 0.1) is 5.41 Å². The molecular formula is C12H18N2O3. The van der Waals surface area contributed by atoms with Crippen LogP contribution in [0.4, 0.5) is 0 Å². The number of nitrogen functional groups attached to an aromatic ring is 1. The summed E-state index contributed by atoms with van der Waals surface area (Å²) in [7, 11) is 3.22. The highest BCUT2D eigenvalue weighted by molar-refractivity contribution is 5.95. The molecule has 3 N–H and O–H groups in total. The number of hydrogen-bond donors (Lipinski definition) is 2. The van der Waals surface area contributed by atoms with Gasteiger partial charge in [-0.15, -0.1) is 0 Å². The highest BCUT2D eigenvalue weighted by Gasteiger charge is 2.06. The zero-order chi connectivity index (χ0) is 12.7. The molecule has 0 aliphatic heterocycles. The number of ether oxygens (including phenoxy) is 3. The third-order valence-corrected chi connectivity index (χ3v) is 2.28. The summed E-state index contributed by atoms with van der Waals surface area (Å²) in [5.74, 6) is 0.762. The highest BCUT2D eigenvalue weighted by Crippen LogP contribution is 2.20. The molecule has 0 saturated heterocycles. The van der Waals surface area contributed by atoms with Crippen molar-refractivity contribution in [3.8, 4) is 5.75 Å². The van der Waals surface area contributed by atoms with Crippen LogP contribution in [0.2, 0.25) is 0 Å². The number of benzene rings is 1. The van der Waals surface area contributed by atoms with Crippen molar-refractivity contribution >= 4 is 5.84 Å². The lowest BCUT2D eigenvalue weighted by Gasteiger charge is -2.10. The van der Waals surface area contributed by atoms with Crippen molar-refractivity contribution in [3.05, 3.63) is 29.3 Å². The second-order valence-electron chi connectivity index (χ2n) is 3.49. The first-order valence-electron chi connectivity index (χ1n) is 5.27. The van der Waals surface area contributed by atoms with Crippen LogP contribution in [0.25, 0.3) is 0 Å². The van der Waals surface area contributed by atoms with Crippen LogP contribution in [-0.4, -0.2) is 33.3 Å². The summed E-state index contributed by atoms with van der Waals surface area (Å²) in [5, 5.41) is 7.38. The van der Waals surface area contributed by atoms with Gasteiger partial charge in [-0.05, 0) is 18.2 Å². The second-order valence-corrected chi connectivity index (χ2v) is 3.49. The van der Waals surface area contributed by atoms with Gasteiger partial charge in [-0.3, -0.25) is 5.41 Å². The summed E-state index contributed by atoms with van der Waals surface area (Å²) in [4.78, 5) is 0. The Hall–Kier alpha value is -1.59. The largest absolute Gasteiger partial charge is 0.496 e. The molecule has 5 heteroatoms. The normalized spacial score (nSPS) is 10.2. The van der Waals surface area contributed by atoms with Gasteiger partial charge in [0.25, 0.3) is 0 Å². The summed E-state index contributed by atoms with van der Waals surface area (Å²) in [6.45, 7) is 1.48. The van der Waals surface area contributed by atoms with E-state index in [2.05, 4.69) is 0 Å².